The standard InChI is InChI=1S/C22H28N2O4/c1-3-4-19(21(23-2)16-9-11-18(25)12-10-16)15-5-7-17(8-6-15)22(28)24-14-13-20(26)27/h5-12,19,21,23,25H,3-4,13-14H2,1-2H3,(H,24,28)(H,26,27). The van der Waals surface area contributed by atoms with E-state index in [0.29, 0.717) is 5.56 Å². The van der Waals surface area contributed by atoms with Gasteiger partial charge in [0.2, 0.25) is 0 Å². The number of hydrogen-bond acceptors (Lipinski definition) is 4. The Morgan fingerprint density at radius 3 is 2.14 bits per heavy atom. The highest BCUT2D eigenvalue weighted by Gasteiger charge is 2.23. The Morgan fingerprint density at radius 1 is 1.00 bits per heavy atom. The van der Waals surface area contributed by atoms with Crippen molar-refractivity contribution in [3.05, 3.63) is 65.2 Å². The van der Waals surface area contributed by atoms with Gasteiger partial charge in [0.15, 0.2) is 0 Å². The number of hydrogen-bond donors (Lipinski definition) is 4. The van der Waals surface area contributed by atoms with E-state index in [4.69, 9.17) is 5.11 Å². The minimum atomic E-state index is -0.939. The van der Waals surface area contributed by atoms with Crippen LogP contribution in [0.25, 0.3) is 0 Å². The van der Waals surface area contributed by atoms with Gasteiger partial charge in [0.25, 0.3) is 5.91 Å². The fourth-order valence-corrected chi connectivity index (χ4v) is 3.39. The molecule has 2 unspecified atom stereocenters. The van der Waals surface area contributed by atoms with E-state index in [2.05, 4.69) is 17.6 Å². The Bertz CT molecular complexity index is 772. The molecule has 0 aliphatic rings. The lowest BCUT2D eigenvalue weighted by molar-refractivity contribution is -0.136. The predicted octanol–water partition coefficient (Wildman–Crippen LogP) is 3.44. The summed E-state index contributed by atoms with van der Waals surface area (Å²) in [6, 6.07) is 14.8. The van der Waals surface area contributed by atoms with Crippen LogP contribution in [0.4, 0.5) is 0 Å². The van der Waals surface area contributed by atoms with Crippen molar-refractivity contribution < 1.29 is 19.8 Å². The molecule has 6 nitrogen and oxygen atoms in total. The van der Waals surface area contributed by atoms with Crippen LogP contribution < -0.4 is 10.6 Å². The molecule has 1 amide bonds. The second-order valence-electron chi connectivity index (χ2n) is 6.77. The molecule has 0 aliphatic heterocycles. The highest BCUT2D eigenvalue weighted by molar-refractivity contribution is 5.94. The molecule has 0 saturated heterocycles. The third-order valence-electron chi connectivity index (χ3n) is 4.79. The maximum Gasteiger partial charge on any atom is 0.305 e. The number of carboxylic acid groups (broad SMARTS) is 1. The number of aromatic hydroxyl groups is 1. The van der Waals surface area contributed by atoms with Crippen molar-refractivity contribution in [1.29, 1.82) is 0 Å². The van der Waals surface area contributed by atoms with Crippen LogP contribution in [-0.2, 0) is 4.79 Å². The average molecular weight is 384 g/mol. The van der Waals surface area contributed by atoms with Crippen molar-refractivity contribution in [2.75, 3.05) is 13.6 Å². The second kappa shape index (κ2) is 10.5. The van der Waals surface area contributed by atoms with Gasteiger partial charge in [-0.3, -0.25) is 9.59 Å². The molecule has 0 aliphatic carbocycles. The number of phenols is 1. The lowest BCUT2D eigenvalue weighted by Gasteiger charge is -2.28. The number of rotatable bonds is 10. The van der Waals surface area contributed by atoms with E-state index in [0.717, 1.165) is 24.0 Å². The van der Waals surface area contributed by atoms with E-state index in [1.807, 2.05) is 31.3 Å². The molecule has 0 bridgehead atoms. The molecule has 0 aromatic heterocycles. The summed E-state index contributed by atoms with van der Waals surface area (Å²) in [6.45, 7) is 2.25. The van der Waals surface area contributed by atoms with Crippen LogP contribution in [0.2, 0.25) is 0 Å². The zero-order valence-corrected chi connectivity index (χ0v) is 16.3. The maximum absolute atomic E-state index is 12.1. The summed E-state index contributed by atoms with van der Waals surface area (Å²) in [7, 11) is 1.92. The number of nitrogens with one attached hydrogen (secondary N) is 2. The minimum Gasteiger partial charge on any atom is -0.508 e. The SMILES string of the molecule is CCCC(c1ccc(C(=O)NCCC(=O)O)cc1)C(NC)c1ccc(O)cc1. The molecule has 2 aromatic rings. The van der Waals surface area contributed by atoms with Gasteiger partial charge in [-0.25, -0.2) is 0 Å². The lowest BCUT2D eigenvalue weighted by Crippen LogP contribution is -2.26. The normalized spacial score (nSPS) is 12.9. The average Bonchev–Trinajstić information content (AvgIpc) is 2.69. The summed E-state index contributed by atoms with van der Waals surface area (Å²) in [5, 5.41) is 24.2. The summed E-state index contributed by atoms with van der Waals surface area (Å²) in [6.07, 6.45) is 1.88. The number of carbonyl (C=O) groups excluding carboxylic acids is 1. The Morgan fingerprint density at radius 2 is 1.61 bits per heavy atom. The molecular formula is C22H28N2O4. The summed E-state index contributed by atoms with van der Waals surface area (Å²) in [5.74, 6) is -0.762. The van der Waals surface area contributed by atoms with Gasteiger partial charge < -0.3 is 20.8 Å². The molecule has 4 N–H and O–H groups in total. The summed E-state index contributed by atoms with van der Waals surface area (Å²) < 4.78 is 0. The first-order valence-corrected chi connectivity index (χ1v) is 9.52. The Balaban J connectivity index is 2.17. The fourth-order valence-electron chi connectivity index (χ4n) is 3.39. The van der Waals surface area contributed by atoms with Crippen LogP contribution >= 0.6 is 0 Å². The number of benzene rings is 2. The van der Waals surface area contributed by atoms with E-state index in [-0.39, 0.29) is 36.6 Å². The van der Waals surface area contributed by atoms with Gasteiger partial charge in [0.1, 0.15) is 5.75 Å². The predicted molar refractivity (Wildman–Crippen MR) is 109 cm³/mol. The summed E-state index contributed by atoms with van der Waals surface area (Å²) >= 11 is 0. The van der Waals surface area contributed by atoms with Crippen molar-refractivity contribution in [3.63, 3.8) is 0 Å². The van der Waals surface area contributed by atoms with Gasteiger partial charge in [-0.1, -0.05) is 37.6 Å². The molecule has 0 spiro atoms. The fraction of sp³-hybridized carbons (Fsp3) is 0.364. The molecule has 0 heterocycles. The second-order valence-corrected chi connectivity index (χ2v) is 6.77. The highest BCUT2D eigenvalue weighted by atomic mass is 16.4. The monoisotopic (exact) mass is 384 g/mol. The van der Waals surface area contributed by atoms with Crippen LogP contribution in [0, 0.1) is 0 Å². The summed E-state index contributed by atoms with van der Waals surface area (Å²) in [4.78, 5) is 22.7. The maximum atomic E-state index is 12.1. The number of amides is 1. The van der Waals surface area contributed by atoms with Crippen molar-refractivity contribution in [2.45, 2.75) is 38.1 Å². The Kier molecular flexibility index (Phi) is 8.02. The zero-order chi connectivity index (χ0) is 20.5. The number of aliphatic carboxylic acids is 1. The van der Waals surface area contributed by atoms with E-state index in [1.165, 1.54) is 0 Å². The molecule has 28 heavy (non-hydrogen) atoms. The van der Waals surface area contributed by atoms with Gasteiger partial charge in [-0.15, -0.1) is 0 Å². The van der Waals surface area contributed by atoms with Crippen LogP contribution in [0.15, 0.2) is 48.5 Å². The molecule has 2 atom stereocenters. The zero-order valence-electron chi connectivity index (χ0n) is 16.3. The number of carbonyl (C=O) groups is 2. The van der Waals surface area contributed by atoms with Crippen LogP contribution in [-0.4, -0.2) is 35.7 Å². The first kappa shape index (κ1) is 21.4. The summed E-state index contributed by atoms with van der Waals surface area (Å²) in [5.41, 5.74) is 2.72. The number of likely N-dealkylation sites (N-methyl/N-ethyl adjacent to an activating group) is 1. The van der Waals surface area contributed by atoms with Gasteiger partial charge in [0.05, 0.1) is 6.42 Å². The van der Waals surface area contributed by atoms with Gasteiger partial charge in [-0.05, 0) is 48.9 Å². The topological polar surface area (TPSA) is 98.7 Å². The third-order valence-corrected chi connectivity index (χ3v) is 4.79. The smallest absolute Gasteiger partial charge is 0.305 e. The van der Waals surface area contributed by atoms with Gasteiger partial charge in [0, 0.05) is 24.1 Å². The Labute approximate surface area is 165 Å². The molecule has 2 rings (SSSR count). The van der Waals surface area contributed by atoms with Crippen molar-refractivity contribution in [1.82, 2.24) is 10.6 Å². The first-order valence-electron chi connectivity index (χ1n) is 9.52. The van der Waals surface area contributed by atoms with E-state index < -0.39 is 5.97 Å². The number of phenolic OH excluding ortho intramolecular Hbond substituents is 1. The largest absolute Gasteiger partial charge is 0.508 e. The molecular weight excluding hydrogens is 356 g/mol. The molecule has 2 aromatic carbocycles. The van der Waals surface area contributed by atoms with Gasteiger partial charge in [-0.2, -0.15) is 0 Å². The van der Waals surface area contributed by atoms with Crippen LogP contribution in [0.3, 0.4) is 0 Å². The van der Waals surface area contributed by atoms with Crippen LogP contribution in [0.5, 0.6) is 5.75 Å². The lowest BCUT2D eigenvalue weighted by atomic mass is 9.83. The van der Waals surface area contributed by atoms with E-state index >= 15 is 0 Å². The molecule has 0 saturated carbocycles. The number of carboxylic acids is 1. The van der Waals surface area contributed by atoms with E-state index in [9.17, 15) is 14.7 Å². The third kappa shape index (κ3) is 5.82. The van der Waals surface area contributed by atoms with Crippen molar-refractivity contribution in [2.24, 2.45) is 0 Å². The molecule has 0 fully saturated rings. The van der Waals surface area contributed by atoms with Crippen LogP contribution in [0.1, 0.15) is 59.6 Å². The Hall–Kier alpha value is -2.86. The molecule has 0 radical (unpaired) electrons. The minimum absolute atomic E-state index is 0.0794. The molecule has 6 heteroatoms. The van der Waals surface area contributed by atoms with Crippen molar-refractivity contribution >= 4 is 11.9 Å². The van der Waals surface area contributed by atoms with Gasteiger partial charge >= 0.3 is 5.97 Å². The van der Waals surface area contributed by atoms with Crippen molar-refractivity contribution in [3.8, 4) is 5.75 Å². The van der Waals surface area contributed by atoms with E-state index in [1.54, 1.807) is 24.3 Å². The highest BCUT2D eigenvalue weighted by Crippen LogP contribution is 2.35. The first-order chi connectivity index (χ1) is 13.5. The molecule has 150 valence electrons. The quantitative estimate of drug-likeness (QED) is 0.503.